The first-order valence-electron chi connectivity index (χ1n) is 7.71. The average Bonchev–Trinajstić information content (AvgIpc) is 2.61. The van der Waals surface area contributed by atoms with Crippen LogP contribution in [0.3, 0.4) is 0 Å². The fourth-order valence-corrected chi connectivity index (χ4v) is 2.76. The van der Waals surface area contributed by atoms with Gasteiger partial charge in [-0.2, -0.15) is 0 Å². The summed E-state index contributed by atoms with van der Waals surface area (Å²) in [5, 5.41) is 2.93. The molecule has 0 radical (unpaired) electrons. The van der Waals surface area contributed by atoms with Crippen LogP contribution in [-0.2, 0) is 0 Å². The Hall–Kier alpha value is -2.70. The van der Waals surface area contributed by atoms with Gasteiger partial charge in [0.1, 0.15) is 0 Å². The van der Waals surface area contributed by atoms with Crippen LogP contribution in [-0.4, -0.2) is 40.5 Å². The summed E-state index contributed by atoms with van der Waals surface area (Å²) in [6.07, 6.45) is 7.03. The van der Waals surface area contributed by atoms with E-state index in [0.717, 1.165) is 31.9 Å². The second kappa shape index (κ2) is 7.04. The van der Waals surface area contributed by atoms with E-state index in [4.69, 9.17) is 0 Å². The van der Waals surface area contributed by atoms with E-state index in [9.17, 15) is 9.59 Å². The first kappa shape index (κ1) is 15.2. The molecule has 3 heterocycles. The van der Waals surface area contributed by atoms with Gasteiger partial charge in [-0.05, 0) is 30.9 Å². The third-order valence-electron chi connectivity index (χ3n) is 3.95. The van der Waals surface area contributed by atoms with E-state index >= 15 is 0 Å². The molecule has 2 aromatic rings. The zero-order valence-corrected chi connectivity index (χ0v) is 12.7. The number of aromatic amines is 1. The van der Waals surface area contributed by atoms with Crippen molar-refractivity contribution in [1.82, 2.24) is 20.3 Å². The van der Waals surface area contributed by atoms with E-state index in [0.29, 0.717) is 18.0 Å². The van der Waals surface area contributed by atoms with Gasteiger partial charge in [0.05, 0.1) is 5.56 Å². The lowest BCUT2D eigenvalue weighted by atomic mass is 9.98. The van der Waals surface area contributed by atoms with Crippen LogP contribution in [0.4, 0.5) is 5.95 Å². The number of hydrogen-bond acceptors (Lipinski definition) is 5. The van der Waals surface area contributed by atoms with Gasteiger partial charge < -0.3 is 15.2 Å². The second-order valence-corrected chi connectivity index (χ2v) is 5.65. The third-order valence-corrected chi connectivity index (χ3v) is 3.95. The molecule has 1 amide bonds. The second-order valence-electron chi connectivity index (χ2n) is 5.65. The van der Waals surface area contributed by atoms with Crippen LogP contribution in [0.2, 0.25) is 0 Å². The maximum Gasteiger partial charge on any atom is 0.252 e. The van der Waals surface area contributed by atoms with E-state index in [-0.39, 0.29) is 11.5 Å². The van der Waals surface area contributed by atoms with Crippen molar-refractivity contribution in [1.29, 1.82) is 0 Å². The Morgan fingerprint density at radius 3 is 2.91 bits per heavy atom. The summed E-state index contributed by atoms with van der Waals surface area (Å²) in [7, 11) is 0. The highest BCUT2D eigenvalue weighted by molar-refractivity contribution is 5.93. The van der Waals surface area contributed by atoms with E-state index in [1.54, 1.807) is 18.5 Å². The first-order valence-corrected chi connectivity index (χ1v) is 7.71. The van der Waals surface area contributed by atoms with Gasteiger partial charge in [-0.3, -0.25) is 9.59 Å². The maximum absolute atomic E-state index is 12.1. The molecule has 7 nitrogen and oxygen atoms in total. The Labute approximate surface area is 133 Å². The number of carbonyl (C=O) groups is 1. The molecule has 0 unspecified atom stereocenters. The molecule has 1 saturated heterocycles. The van der Waals surface area contributed by atoms with Crippen molar-refractivity contribution in [3.63, 3.8) is 0 Å². The van der Waals surface area contributed by atoms with Crippen molar-refractivity contribution in [2.45, 2.75) is 12.8 Å². The Morgan fingerprint density at radius 2 is 2.17 bits per heavy atom. The Bertz CT molecular complexity index is 695. The normalized spacial score (nSPS) is 17.7. The molecule has 1 atom stereocenters. The lowest BCUT2D eigenvalue weighted by molar-refractivity contribution is 0.0945. The molecule has 23 heavy (non-hydrogen) atoms. The van der Waals surface area contributed by atoms with Gasteiger partial charge >= 0.3 is 0 Å². The van der Waals surface area contributed by atoms with Crippen LogP contribution in [0.5, 0.6) is 0 Å². The highest BCUT2D eigenvalue weighted by atomic mass is 16.1. The predicted octanol–water partition coefficient (Wildman–Crippen LogP) is 0.811. The molecule has 1 aliphatic heterocycles. The van der Waals surface area contributed by atoms with Crippen LogP contribution in [0.25, 0.3) is 0 Å². The van der Waals surface area contributed by atoms with Gasteiger partial charge in [-0.1, -0.05) is 0 Å². The number of nitrogens with zero attached hydrogens (tertiary/aromatic N) is 3. The van der Waals surface area contributed by atoms with Gasteiger partial charge in [0, 0.05) is 44.3 Å². The smallest absolute Gasteiger partial charge is 0.252 e. The van der Waals surface area contributed by atoms with Gasteiger partial charge in [-0.15, -0.1) is 0 Å². The van der Waals surface area contributed by atoms with Gasteiger partial charge in [0.25, 0.3) is 5.91 Å². The molecular weight excluding hydrogens is 294 g/mol. The van der Waals surface area contributed by atoms with Crippen molar-refractivity contribution < 1.29 is 4.79 Å². The number of pyridine rings is 1. The molecule has 0 aliphatic carbocycles. The summed E-state index contributed by atoms with van der Waals surface area (Å²) in [6.45, 7) is 2.37. The summed E-state index contributed by atoms with van der Waals surface area (Å²) in [6, 6.07) is 4.68. The molecule has 1 aliphatic rings. The van der Waals surface area contributed by atoms with Crippen molar-refractivity contribution in [3.8, 4) is 0 Å². The number of nitrogens with one attached hydrogen (secondary N) is 2. The molecule has 7 heteroatoms. The SMILES string of the molecule is O=C(NC[C@H]1CCCN(c2ncccn2)C1)c1ccc(=O)[nH]c1. The molecule has 0 aromatic carbocycles. The summed E-state index contributed by atoms with van der Waals surface area (Å²) >= 11 is 0. The van der Waals surface area contributed by atoms with Crippen molar-refractivity contribution in [3.05, 3.63) is 52.7 Å². The molecule has 2 N–H and O–H groups in total. The quantitative estimate of drug-likeness (QED) is 0.872. The number of H-pyrrole nitrogens is 1. The largest absolute Gasteiger partial charge is 0.352 e. The highest BCUT2D eigenvalue weighted by Crippen LogP contribution is 2.19. The molecule has 120 valence electrons. The highest BCUT2D eigenvalue weighted by Gasteiger charge is 2.22. The molecule has 3 rings (SSSR count). The fourth-order valence-electron chi connectivity index (χ4n) is 2.76. The fraction of sp³-hybridized carbons (Fsp3) is 0.375. The minimum atomic E-state index is -0.215. The number of carbonyl (C=O) groups excluding carboxylic acids is 1. The summed E-state index contributed by atoms with van der Waals surface area (Å²) in [5.41, 5.74) is 0.246. The molecule has 0 spiro atoms. The van der Waals surface area contributed by atoms with Crippen molar-refractivity contribution >= 4 is 11.9 Å². The number of piperidine rings is 1. The summed E-state index contributed by atoms with van der Waals surface area (Å²) < 4.78 is 0. The Morgan fingerprint density at radius 1 is 1.35 bits per heavy atom. The third kappa shape index (κ3) is 3.94. The van der Waals surface area contributed by atoms with E-state index in [1.807, 2.05) is 0 Å². The average molecular weight is 313 g/mol. The van der Waals surface area contributed by atoms with Crippen LogP contribution in [0.1, 0.15) is 23.2 Å². The van der Waals surface area contributed by atoms with Gasteiger partial charge in [0.2, 0.25) is 11.5 Å². The molecule has 0 bridgehead atoms. The minimum absolute atomic E-state index is 0.172. The zero-order valence-electron chi connectivity index (χ0n) is 12.7. The van der Waals surface area contributed by atoms with Crippen LogP contribution < -0.4 is 15.8 Å². The monoisotopic (exact) mass is 313 g/mol. The Balaban J connectivity index is 1.55. The van der Waals surface area contributed by atoms with E-state index in [1.165, 1.54) is 18.3 Å². The Kier molecular flexibility index (Phi) is 4.65. The minimum Gasteiger partial charge on any atom is -0.352 e. The van der Waals surface area contributed by atoms with Gasteiger partial charge in [-0.25, -0.2) is 9.97 Å². The number of amides is 1. The molecule has 0 saturated carbocycles. The van der Waals surface area contributed by atoms with E-state index < -0.39 is 0 Å². The number of hydrogen-bond donors (Lipinski definition) is 2. The lowest BCUT2D eigenvalue weighted by Crippen LogP contribution is -2.41. The number of rotatable bonds is 4. The summed E-state index contributed by atoms with van der Waals surface area (Å²) in [5.74, 6) is 0.928. The first-order chi connectivity index (χ1) is 11.2. The van der Waals surface area contributed by atoms with Crippen LogP contribution in [0.15, 0.2) is 41.6 Å². The topological polar surface area (TPSA) is 91.0 Å². The van der Waals surface area contributed by atoms with Crippen molar-refractivity contribution in [2.75, 3.05) is 24.5 Å². The summed E-state index contributed by atoms with van der Waals surface area (Å²) in [4.78, 5) is 36.3. The number of aromatic nitrogens is 3. The molecular formula is C16H19N5O2. The molecule has 1 fully saturated rings. The zero-order chi connectivity index (χ0) is 16.1. The van der Waals surface area contributed by atoms with Crippen LogP contribution >= 0.6 is 0 Å². The van der Waals surface area contributed by atoms with Crippen LogP contribution in [0, 0.1) is 5.92 Å². The predicted molar refractivity (Wildman–Crippen MR) is 86.4 cm³/mol. The van der Waals surface area contributed by atoms with E-state index in [2.05, 4.69) is 25.2 Å². The molecule has 2 aromatic heterocycles. The standard InChI is InChI=1S/C16H19N5O2/c22-14-5-4-13(10-19-14)15(23)20-9-12-3-1-8-21(11-12)16-17-6-2-7-18-16/h2,4-7,10,12H,1,3,8-9,11H2,(H,19,22)(H,20,23)/t12-/m1/s1. The number of anilines is 1. The van der Waals surface area contributed by atoms with Gasteiger partial charge in [0.15, 0.2) is 0 Å². The maximum atomic E-state index is 12.1. The van der Waals surface area contributed by atoms with Crippen molar-refractivity contribution in [2.24, 2.45) is 5.92 Å². The lowest BCUT2D eigenvalue weighted by Gasteiger charge is -2.32.